The molecule has 0 fully saturated rings. The Kier molecular flexibility index (Phi) is 5.74. The number of hydrogen-bond acceptors (Lipinski definition) is 3. The van der Waals surface area contributed by atoms with Gasteiger partial charge in [0.2, 0.25) is 0 Å². The van der Waals surface area contributed by atoms with Gasteiger partial charge in [0.1, 0.15) is 0 Å². The highest BCUT2D eigenvalue weighted by atomic mass is 35.5. The summed E-state index contributed by atoms with van der Waals surface area (Å²) in [5.41, 5.74) is 3.80. The van der Waals surface area contributed by atoms with Crippen molar-refractivity contribution in [1.29, 1.82) is 0 Å². The number of aryl methyl sites for hydroxylation is 1. The quantitative estimate of drug-likeness (QED) is 0.346. The fourth-order valence-electron chi connectivity index (χ4n) is 3.03. The van der Waals surface area contributed by atoms with E-state index < -0.39 is 0 Å². The van der Waals surface area contributed by atoms with E-state index >= 15 is 0 Å². The molecular weight excluding hydrogens is 400 g/mol. The Morgan fingerprint density at radius 1 is 1.03 bits per heavy atom. The number of fused-ring (bicyclic) bond motifs is 1. The van der Waals surface area contributed by atoms with E-state index in [0.717, 1.165) is 26.9 Å². The first-order valence-corrected chi connectivity index (χ1v) is 10.5. The van der Waals surface area contributed by atoms with E-state index in [1.807, 2.05) is 85.8 Å². The molecule has 3 aromatic carbocycles. The molecular formula is C24H19ClN2OS. The van der Waals surface area contributed by atoms with E-state index in [9.17, 15) is 4.79 Å². The number of aromatic nitrogens is 1. The van der Waals surface area contributed by atoms with Gasteiger partial charge < -0.3 is 0 Å². The molecule has 0 radical (unpaired) electrons. The van der Waals surface area contributed by atoms with E-state index in [1.54, 1.807) is 11.0 Å². The van der Waals surface area contributed by atoms with E-state index in [0.29, 0.717) is 16.7 Å². The Morgan fingerprint density at radius 2 is 1.72 bits per heavy atom. The summed E-state index contributed by atoms with van der Waals surface area (Å²) in [6.45, 7) is 2.40. The first-order valence-electron chi connectivity index (χ1n) is 9.26. The van der Waals surface area contributed by atoms with Crippen molar-refractivity contribution in [2.75, 3.05) is 4.90 Å². The van der Waals surface area contributed by atoms with Gasteiger partial charge in [-0.25, -0.2) is 4.98 Å². The summed E-state index contributed by atoms with van der Waals surface area (Å²) in [5, 5.41) is 1.34. The van der Waals surface area contributed by atoms with Gasteiger partial charge in [-0.3, -0.25) is 9.69 Å². The number of amides is 1. The van der Waals surface area contributed by atoms with Crippen LogP contribution < -0.4 is 4.90 Å². The molecule has 0 spiro atoms. The van der Waals surface area contributed by atoms with Gasteiger partial charge in [-0.1, -0.05) is 83.6 Å². The molecule has 1 amide bonds. The Hall–Kier alpha value is -2.95. The van der Waals surface area contributed by atoms with Gasteiger partial charge in [-0.2, -0.15) is 0 Å². The predicted octanol–water partition coefficient (Wildman–Crippen LogP) is 6.50. The Labute approximate surface area is 178 Å². The zero-order chi connectivity index (χ0) is 20.2. The van der Waals surface area contributed by atoms with E-state index in [-0.39, 0.29) is 5.91 Å². The maximum atomic E-state index is 13.1. The molecule has 0 aliphatic rings. The third-order valence-corrected chi connectivity index (χ3v) is 6.09. The molecule has 29 heavy (non-hydrogen) atoms. The van der Waals surface area contributed by atoms with Crippen molar-refractivity contribution in [3.8, 4) is 0 Å². The van der Waals surface area contributed by atoms with E-state index in [2.05, 4.69) is 0 Å². The molecule has 4 aromatic rings. The number of rotatable bonds is 5. The average Bonchev–Trinajstić information content (AvgIpc) is 3.19. The summed E-state index contributed by atoms with van der Waals surface area (Å²) < 4.78 is 1.01. The molecule has 0 aliphatic heterocycles. The lowest BCUT2D eigenvalue weighted by molar-refractivity contribution is -0.114. The number of halogens is 1. The molecule has 3 nitrogen and oxygen atoms in total. The van der Waals surface area contributed by atoms with Crippen LogP contribution in [0.5, 0.6) is 0 Å². The first kappa shape index (κ1) is 19.4. The van der Waals surface area contributed by atoms with E-state index in [1.165, 1.54) is 11.3 Å². The smallest absolute Gasteiger partial charge is 0.253 e. The molecule has 0 aliphatic carbocycles. The van der Waals surface area contributed by atoms with Crippen molar-refractivity contribution >= 4 is 50.3 Å². The minimum Gasteiger partial charge on any atom is -0.280 e. The maximum Gasteiger partial charge on any atom is 0.253 e. The minimum absolute atomic E-state index is 0.111. The van der Waals surface area contributed by atoms with Crippen LogP contribution in [0.2, 0.25) is 5.02 Å². The standard InChI is InChI=1S/C24H19ClN2OS/c1-17-20(25)13-14-21-23(17)26-24(29-21)27(16-19-10-6-3-7-11-19)22(28)15-12-18-8-4-2-5-9-18/h2-15H,16H2,1H3/b15-12+. The normalized spacial score (nSPS) is 11.2. The van der Waals surface area contributed by atoms with Crippen LogP contribution in [0.3, 0.4) is 0 Å². The third kappa shape index (κ3) is 4.39. The Bertz CT molecular complexity index is 1170. The fraction of sp³-hybridized carbons (Fsp3) is 0.0833. The molecule has 1 heterocycles. The highest BCUT2D eigenvalue weighted by Gasteiger charge is 2.19. The zero-order valence-electron chi connectivity index (χ0n) is 15.9. The number of nitrogens with zero attached hydrogens (tertiary/aromatic N) is 2. The molecule has 4 rings (SSSR count). The van der Waals surface area contributed by atoms with Crippen LogP contribution in [0.1, 0.15) is 16.7 Å². The Balaban J connectivity index is 1.71. The molecule has 144 valence electrons. The van der Waals surface area contributed by atoms with Gasteiger partial charge in [0.25, 0.3) is 5.91 Å². The van der Waals surface area contributed by atoms with Gasteiger partial charge in [0.05, 0.1) is 16.8 Å². The van der Waals surface area contributed by atoms with Crippen molar-refractivity contribution in [3.05, 3.63) is 101 Å². The minimum atomic E-state index is -0.111. The highest BCUT2D eigenvalue weighted by Crippen LogP contribution is 2.34. The van der Waals surface area contributed by atoms with Gasteiger partial charge in [-0.15, -0.1) is 0 Å². The SMILES string of the molecule is Cc1c(Cl)ccc2sc(N(Cc3ccccc3)C(=O)/C=C/c3ccccc3)nc12. The monoisotopic (exact) mass is 418 g/mol. The van der Waals surface area contributed by atoms with Crippen LogP contribution in [-0.4, -0.2) is 10.9 Å². The third-order valence-electron chi connectivity index (χ3n) is 4.63. The molecule has 5 heteroatoms. The molecule has 0 saturated heterocycles. The number of benzene rings is 3. The summed E-state index contributed by atoms with van der Waals surface area (Å²) >= 11 is 7.76. The second-order valence-corrected chi connectivity index (χ2v) is 8.09. The highest BCUT2D eigenvalue weighted by molar-refractivity contribution is 7.22. The topological polar surface area (TPSA) is 33.2 Å². The van der Waals surface area contributed by atoms with Crippen LogP contribution in [0.4, 0.5) is 5.13 Å². The maximum absolute atomic E-state index is 13.1. The molecule has 1 aromatic heterocycles. The number of carbonyl (C=O) groups is 1. The van der Waals surface area contributed by atoms with Crippen LogP contribution in [0, 0.1) is 6.92 Å². The van der Waals surface area contributed by atoms with E-state index in [4.69, 9.17) is 16.6 Å². The summed E-state index contributed by atoms with van der Waals surface area (Å²) in [4.78, 5) is 19.6. The van der Waals surface area contributed by atoms with Crippen LogP contribution in [0.25, 0.3) is 16.3 Å². The van der Waals surface area contributed by atoms with Crippen molar-refractivity contribution < 1.29 is 4.79 Å². The molecule has 0 unspecified atom stereocenters. The summed E-state index contributed by atoms with van der Waals surface area (Å²) in [6, 6.07) is 23.5. The van der Waals surface area contributed by atoms with Crippen molar-refractivity contribution in [2.24, 2.45) is 0 Å². The van der Waals surface area contributed by atoms with Gasteiger partial charge in [0.15, 0.2) is 5.13 Å². The lowest BCUT2D eigenvalue weighted by Gasteiger charge is -2.18. The molecule has 0 atom stereocenters. The summed E-state index contributed by atoms with van der Waals surface area (Å²) in [6.07, 6.45) is 3.43. The number of carbonyl (C=O) groups excluding carboxylic acids is 1. The number of thiazole rings is 1. The summed E-state index contributed by atoms with van der Waals surface area (Å²) in [7, 11) is 0. The van der Waals surface area contributed by atoms with Gasteiger partial charge in [0, 0.05) is 11.1 Å². The summed E-state index contributed by atoms with van der Waals surface area (Å²) in [5.74, 6) is -0.111. The average molecular weight is 419 g/mol. The van der Waals surface area contributed by atoms with Crippen molar-refractivity contribution in [2.45, 2.75) is 13.5 Å². The van der Waals surface area contributed by atoms with Crippen LogP contribution in [0.15, 0.2) is 78.9 Å². The zero-order valence-corrected chi connectivity index (χ0v) is 17.5. The lowest BCUT2D eigenvalue weighted by Crippen LogP contribution is -2.28. The fourth-order valence-corrected chi connectivity index (χ4v) is 4.21. The van der Waals surface area contributed by atoms with Crippen LogP contribution >= 0.6 is 22.9 Å². The molecule has 0 saturated carbocycles. The second kappa shape index (κ2) is 8.60. The van der Waals surface area contributed by atoms with Crippen molar-refractivity contribution in [1.82, 2.24) is 4.98 Å². The first-order chi connectivity index (χ1) is 14.1. The van der Waals surface area contributed by atoms with Gasteiger partial charge in [-0.05, 0) is 41.8 Å². The largest absolute Gasteiger partial charge is 0.280 e. The molecule has 0 bridgehead atoms. The predicted molar refractivity (Wildman–Crippen MR) is 122 cm³/mol. The number of hydrogen-bond donors (Lipinski definition) is 0. The Morgan fingerprint density at radius 3 is 2.45 bits per heavy atom. The van der Waals surface area contributed by atoms with Crippen LogP contribution in [-0.2, 0) is 11.3 Å². The second-order valence-electron chi connectivity index (χ2n) is 6.67. The number of anilines is 1. The van der Waals surface area contributed by atoms with Gasteiger partial charge >= 0.3 is 0 Å². The lowest BCUT2D eigenvalue weighted by atomic mass is 10.2. The molecule has 0 N–H and O–H groups in total. The van der Waals surface area contributed by atoms with Crippen molar-refractivity contribution in [3.63, 3.8) is 0 Å².